The van der Waals surface area contributed by atoms with Gasteiger partial charge in [0.1, 0.15) is 4.75 Å². The number of hydrogen-bond acceptors (Lipinski definition) is 5. The van der Waals surface area contributed by atoms with Gasteiger partial charge in [-0.25, -0.2) is 12.8 Å². The molecule has 2 aromatic carbocycles. The third-order valence-electron chi connectivity index (χ3n) is 9.02. The molecule has 2 fully saturated rings. The molecule has 2 heterocycles. The lowest BCUT2D eigenvalue weighted by Crippen LogP contribution is -2.56. The van der Waals surface area contributed by atoms with E-state index in [4.69, 9.17) is 0 Å². The summed E-state index contributed by atoms with van der Waals surface area (Å²) in [6.07, 6.45) is -11.9. The van der Waals surface area contributed by atoms with Gasteiger partial charge < -0.3 is 15.3 Å². The van der Waals surface area contributed by atoms with Crippen LogP contribution in [0.5, 0.6) is 0 Å². The van der Waals surface area contributed by atoms with Crippen LogP contribution >= 0.6 is 0 Å². The number of amides is 1. The number of aliphatic carboxylic acids is 1. The van der Waals surface area contributed by atoms with Gasteiger partial charge in [0.2, 0.25) is 5.91 Å². The van der Waals surface area contributed by atoms with Gasteiger partial charge in [-0.2, -0.15) is 26.3 Å². The van der Waals surface area contributed by atoms with E-state index in [2.05, 4.69) is 5.32 Å². The van der Waals surface area contributed by atoms with Crippen LogP contribution in [0.1, 0.15) is 43.2 Å². The Balaban J connectivity index is 1.61. The molecule has 234 valence electrons. The molecule has 1 amide bonds. The molecular weight excluding hydrogens is 609 g/mol. The topological polar surface area (TPSA) is 104 Å². The third-order valence-corrected chi connectivity index (χ3v) is 11.6. The molecule has 15 heteroatoms. The normalized spacial score (nSPS) is 26.3. The van der Waals surface area contributed by atoms with Crippen LogP contribution in [0, 0.1) is 11.8 Å². The van der Waals surface area contributed by atoms with E-state index in [9.17, 15) is 53.8 Å². The molecule has 1 saturated carbocycles. The average Bonchev–Trinajstić information content (AvgIpc) is 3.37. The van der Waals surface area contributed by atoms with Crippen molar-refractivity contribution >= 4 is 27.4 Å². The molecule has 1 saturated heterocycles. The largest absolute Gasteiger partial charge is 0.481 e. The smallest absolute Gasteiger partial charge is 0.435 e. The number of rotatable bonds is 5. The van der Waals surface area contributed by atoms with Crippen molar-refractivity contribution in [3.8, 4) is 0 Å². The van der Waals surface area contributed by atoms with E-state index in [1.807, 2.05) is 0 Å². The number of sulfone groups is 1. The second kappa shape index (κ2) is 10.4. The number of alkyl halides is 7. The molecule has 3 aliphatic rings. The number of hydrogen-bond donors (Lipinski definition) is 2. The molecule has 2 N–H and O–H groups in total. The maximum Gasteiger partial charge on any atom is 0.435 e. The number of nitrogens with zero attached hydrogens (tertiary/aromatic N) is 1. The minimum absolute atomic E-state index is 0.0879. The molecule has 43 heavy (non-hydrogen) atoms. The number of carboxylic acids is 1. The van der Waals surface area contributed by atoms with Crippen molar-refractivity contribution in [3.05, 3.63) is 59.7 Å². The molecule has 7 nitrogen and oxygen atoms in total. The maximum atomic E-state index is 14.9. The van der Waals surface area contributed by atoms with Crippen molar-refractivity contribution in [2.75, 3.05) is 18.4 Å². The van der Waals surface area contributed by atoms with Crippen molar-refractivity contribution in [2.24, 2.45) is 11.8 Å². The van der Waals surface area contributed by atoms with Crippen LogP contribution in [0.4, 0.5) is 36.4 Å². The highest BCUT2D eigenvalue weighted by Gasteiger charge is 2.74. The number of anilines is 1. The van der Waals surface area contributed by atoms with Crippen LogP contribution in [0.15, 0.2) is 53.4 Å². The molecule has 2 unspecified atom stereocenters. The Kier molecular flexibility index (Phi) is 7.50. The highest BCUT2D eigenvalue weighted by molar-refractivity contribution is 7.92. The number of carbonyl (C=O) groups is 2. The minimum Gasteiger partial charge on any atom is -0.481 e. The van der Waals surface area contributed by atoms with E-state index in [-0.39, 0.29) is 55.7 Å². The zero-order chi connectivity index (χ0) is 31.6. The molecule has 1 aliphatic carbocycles. The summed E-state index contributed by atoms with van der Waals surface area (Å²) in [5.41, 5.74) is -8.07. The van der Waals surface area contributed by atoms with Crippen molar-refractivity contribution < 1.29 is 53.8 Å². The van der Waals surface area contributed by atoms with Crippen LogP contribution in [0.3, 0.4) is 0 Å². The summed E-state index contributed by atoms with van der Waals surface area (Å²) in [6.45, 7) is -0.439. The first-order valence-corrected chi connectivity index (χ1v) is 15.0. The molecule has 0 bridgehead atoms. The number of halogens is 7. The highest BCUT2D eigenvalue weighted by Crippen LogP contribution is 2.57. The molecule has 2 aromatic rings. The van der Waals surface area contributed by atoms with Crippen LogP contribution in [-0.4, -0.2) is 61.8 Å². The molecule has 0 radical (unpaired) electrons. The lowest BCUT2D eigenvalue weighted by molar-refractivity contribution is -0.348. The van der Waals surface area contributed by atoms with Gasteiger partial charge >= 0.3 is 24.0 Å². The van der Waals surface area contributed by atoms with Gasteiger partial charge in [0.05, 0.1) is 16.9 Å². The fraction of sp³-hybridized carbons (Fsp3) is 0.500. The SMILES string of the molecule is O=C(O)[C@H]1CC[C@H](C(=O)N2CCC3(S(=O)(=O)c4ccccc4)c4ccc(C(F)(C(F)(F)F)C(F)(F)F)cc4NCC23)CC1. The van der Waals surface area contributed by atoms with Crippen molar-refractivity contribution in [3.63, 3.8) is 0 Å². The van der Waals surface area contributed by atoms with E-state index in [0.717, 1.165) is 6.07 Å². The Morgan fingerprint density at radius 1 is 0.884 bits per heavy atom. The zero-order valence-corrected chi connectivity index (χ0v) is 23.2. The molecule has 5 rings (SSSR count). The van der Waals surface area contributed by atoms with E-state index >= 15 is 0 Å². The van der Waals surface area contributed by atoms with Gasteiger partial charge in [0.15, 0.2) is 9.84 Å². The fourth-order valence-electron chi connectivity index (χ4n) is 6.77. The Hall–Kier alpha value is -3.36. The van der Waals surface area contributed by atoms with Crippen LogP contribution < -0.4 is 5.32 Å². The highest BCUT2D eigenvalue weighted by atomic mass is 32.2. The quantitative estimate of drug-likeness (QED) is 0.417. The molecule has 2 aliphatic heterocycles. The van der Waals surface area contributed by atoms with E-state index < -0.39 is 73.6 Å². The van der Waals surface area contributed by atoms with E-state index in [1.54, 1.807) is 6.07 Å². The molecule has 0 aromatic heterocycles. The van der Waals surface area contributed by atoms with Gasteiger partial charge in [-0.15, -0.1) is 0 Å². The predicted octanol–water partition coefficient (Wildman–Crippen LogP) is 5.56. The zero-order valence-electron chi connectivity index (χ0n) is 22.4. The standard InChI is InChI=1S/C28H27F7N2O5S/c29-26(27(30,31)32,28(33,34)35)18-10-11-20-21(14-18)36-15-22-25(20,43(41,42)19-4-2-1-3-5-19)12-13-37(22)23(38)16-6-8-17(9-7-16)24(39)40/h1-5,10-11,14,16-17,22,36H,6-9,12-13,15H2,(H,39,40)/t16-,17-,22?,25?. The van der Waals surface area contributed by atoms with Gasteiger partial charge in [-0.05, 0) is 55.9 Å². The van der Waals surface area contributed by atoms with Gasteiger partial charge in [0.25, 0.3) is 0 Å². The Morgan fingerprint density at radius 3 is 2.02 bits per heavy atom. The number of likely N-dealkylation sites (tertiary alicyclic amines) is 1. The Bertz CT molecular complexity index is 1510. The van der Waals surface area contributed by atoms with E-state index in [1.165, 1.54) is 29.2 Å². The van der Waals surface area contributed by atoms with E-state index in [0.29, 0.717) is 12.1 Å². The average molecular weight is 637 g/mol. The maximum absolute atomic E-state index is 14.9. The van der Waals surface area contributed by atoms with Crippen molar-refractivity contribution in [1.29, 1.82) is 0 Å². The summed E-state index contributed by atoms with van der Waals surface area (Å²) in [4.78, 5) is 26.3. The number of benzene rings is 2. The second-order valence-electron chi connectivity index (χ2n) is 11.2. The summed E-state index contributed by atoms with van der Waals surface area (Å²) in [7, 11) is -4.45. The van der Waals surface area contributed by atoms with Crippen LogP contribution in [0.2, 0.25) is 0 Å². The van der Waals surface area contributed by atoms with Gasteiger partial charge in [-0.3, -0.25) is 9.59 Å². The first-order chi connectivity index (χ1) is 20.0. The molecular formula is C28H27F7N2O5S. The van der Waals surface area contributed by atoms with Gasteiger partial charge in [0, 0.05) is 30.3 Å². The van der Waals surface area contributed by atoms with Crippen LogP contribution in [-0.2, 0) is 29.8 Å². The van der Waals surface area contributed by atoms with Gasteiger partial charge in [-0.1, -0.05) is 30.3 Å². The number of carboxylic acid groups (broad SMARTS) is 1. The lowest BCUT2D eigenvalue weighted by Gasteiger charge is -2.44. The molecule has 0 spiro atoms. The second-order valence-corrected chi connectivity index (χ2v) is 13.4. The summed E-state index contributed by atoms with van der Waals surface area (Å²) in [5.74, 6) is -2.56. The third kappa shape index (κ3) is 4.65. The molecule has 2 atom stereocenters. The predicted molar refractivity (Wildman–Crippen MR) is 138 cm³/mol. The first kappa shape index (κ1) is 31.1. The Morgan fingerprint density at radius 2 is 1.47 bits per heavy atom. The lowest BCUT2D eigenvalue weighted by atomic mass is 9.80. The minimum atomic E-state index is -6.36. The first-order valence-electron chi connectivity index (χ1n) is 13.5. The van der Waals surface area contributed by atoms with Crippen molar-refractivity contribution in [2.45, 2.75) is 65.8 Å². The fourth-order valence-corrected chi connectivity index (χ4v) is 9.10. The van der Waals surface area contributed by atoms with Crippen molar-refractivity contribution in [1.82, 2.24) is 4.90 Å². The Labute approximate surface area is 242 Å². The summed E-state index contributed by atoms with van der Waals surface area (Å²) in [5, 5.41) is 12.0. The summed E-state index contributed by atoms with van der Waals surface area (Å²) < 4.78 is 123. The number of carbonyl (C=O) groups excluding carboxylic acids is 1. The van der Waals surface area contributed by atoms with Crippen LogP contribution in [0.25, 0.3) is 0 Å². The number of fused-ring (bicyclic) bond motifs is 3. The summed E-state index contributed by atoms with van der Waals surface area (Å²) >= 11 is 0. The number of nitrogens with one attached hydrogen (secondary N) is 1. The summed E-state index contributed by atoms with van der Waals surface area (Å²) in [6, 6.07) is 7.35. The monoisotopic (exact) mass is 636 g/mol.